The summed E-state index contributed by atoms with van der Waals surface area (Å²) in [6, 6.07) is 7.47. The molecule has 6 heteroatoms. The normalized spacial score (nSPS) is 18.6. The zero-order valence-corrected chi connectivity index (χ0v) is 16.4. The number of benzene rings is 1. The van der Waals surface area contributed by atoms with Gasteiger partial charge < -0.3 is 14.4 Å². The molecule has 1 amide bonds. The quantitative estimate of drug-likeness (QED) is 0.773. The molecule has 0 N–H and O–H groups in total. The highest BCUT2D eigenvalue weighted by molar-refractivity contribution is 7.10. The van der Waals surface area contributed by atoms with Gasteiger partial charge in [0.1, 0.15) is 11.4 Å². The van der Waals surface area contributed by atoms with Crippen molar-refractivity contribution in [2.24, 2.45) is 0 Å². The van der Waals surface area contributed by atoms with Gasteiger partial charge in [-0.15, -0.1) is 11.3 Å². The Kier molecular flexibility index (Phi) is 4.95. The Hall–Kier alpha value is -1.56. The van der Waals surface area contributed by atoms with Gasteiger partial charge in [0.15, 0.2) is 0 Å². The molecular weight excluding hydrogens is 370 g/mol. The maximum atomic E-state index is 12.9. The third kappa shape index (κ3) is 3.13. The van der Waals surface area contributed by atoms with Crippen LogP contribution in [0.1, 0.15) is 40.6 Å². The molecule has 1 aromatic heterocycles. The summed E-state index contributed by atoms with van der Waals surface area (Å²) < 4.78 is 11.7. The van der Waals surface area contributed by atoms with Gasteiger partial charge in [0.05, 0.1) is 18.2 Å². The summed E-state index contributed by atoms with van der Waals surface area (Å²) in [5.74, 6) is 0.635. The Bertz CT molecular complexity index is 811. The number of hydrogen-bond donors (Lipinski definition) is 0. The van der Waals surface area contributed by atoms with Crippen LogP contribution in [-0.2, 0) is 16.8 Å². The molecule has 1 saturated heterocycles. The van der Waals surface area contributed by atoms with Gasteiger partial charge in [-0.3, -0.25) is 4.79 Å². The van der Waals surface area contributed by atoms with Crippen molar-refractivity contribution in [3.8, 4) is 5.75 Å². The van der Waals surface area contributed by atoms with Crippen LogP contribution in [0.15, 0.2) is 29.6 Å². The Morgan fingerprint density at radius 2 is 2.15 bits per heavy atom. The van der Waals surface area contributed by atoms with Gasteiger partial charge in [-0.25, -0.2) is 0 Å². The van der Waals surface area contributed by atoms with Crippen LogP contribution in [0.3, 0.4) is 0 Å². The van der Waals surface area contributed by atoms with Crippen LogP contribution in [0.5, 0.6) is 5.75 Å². The van der Waals surface area contributed by atoms with Crippen molar-refractivity contribution >= 4 is 28.8 Å². The fourth-order valence-corrected chi connectivity index (χ4v) is 5.29. The van der Waals surface area contributed by atoms with E-state index < -0.39 is 0 Å². The molecule has 0 unspecified atom stereocenters. The number of fused-ring (bicyclic) bond motifs is 2. The van der Waals surface area contributed by atoms with Crippen molar-refractivity contribution in [2.45, 2.75) is 31.8 Å². The summed E-state index contributed by atoms with van der Waals surface area (Å²) in [7, 11) is 0. The van der Waals surface area contributed by atoms with Gasteiger partial charge in [0.2, 0.25) is 0 Å². The second-order valence-corrected chi connectivity index (χ2v) is 8.06. The topological polar surface area (TPSA) is 38.8 Å². The standard InChI is InChI=1S/C20H22ClNO3S/c1-2-24-17-4-3-15(13-16(17)21)19(23)22-9-7-20(8-10-22)18-14(5-11-25-20)6-12-26-18/h3-4,6,12-13H,2,5,7-11H2,1H3. The summed E-state index contributed by atoms with van der Waals surface area (Å²) in [4.78, 5) is 16.1. The van der Waals surface area contributed by atoms with Crippen LogP contribution in [-0.4, -0.2) is 37.1 Å². The lowest BCUT2D eigenvalue weighted by atomic mass is 9.85. The molecular formula is C20H22ClNO3S. The Morgan fingerprint density at radius 3 is 2.88 bits per heavy atom. The molecule has 1 fully saturated rings. The SMILES string of the molecule is CCOc1ccc(C(=O)N2CCC3(CC2)OCCc2ccsc23)cc1Cl. The van der Waals surface area contributed by atoms with Crippen molar-refractivity contribution < 1.29 is 14.3 Å². The van der Waals surface area contributed by atoms with Crippen molar-refractivity contribution in [1.82, 2.24) is 4.90 Å². The third-order valence-electron chi connectivity index (χ3n) is 5.25. The maximum Gasteiger partial charge on any atom is 0.253 e. The molecule has 0 saturated carbocycles. The van der Waals surface area contributed by atoms with Gasteiger partial charge >= 0.3 is 0 Å². The average molecular weight is 392 g/mol. The lowest BCUT2D eigenvalue weighted by Crippen LogP contribution is -2.47. The van der Waals surface area contributed by atoms with Crippen LogP contribution in [0.2, 0.25) is 5.02 Å². The first kappa shape index (κ1) is 17.8. The summed E-state index contributed by atoms with van der Waals surface area (Å²) >= 11 is 8.02. The van der Waals surface area contributed by atoms with E-state index in [9.17, 15) is 4.79 Å². The van der Waals surface area contributed by atoms with Crippen molar-refractivity contribution in [2.75, 3.05) is 26.3 Å². The second-order valence-electron chi connectivity index (χ2n) is 6.74. The third-order valence-corrected chi connectivity index (χ3v) is 6.68. The van der Waals surface area contributed by atoms with Crippen molar-refractivity contribution in [1.29, 1.82) is 0 Å². The molecule has 0 atom stereocenters. The van der Waals surface area contributed by atoms with E-state index in [1.807, 2.05) is 11.8 Å². The van der Waals surface area contributed by atoms with Crippen LogP contribution >= 0.6 is 22.9 Å². The van der Waals surface area contributed by atoms with Gasteiger partial charge in [-0.05, 0) is 61.4 Å². The first-order valence-electron chi connectivity index (χ1n) is 9.05. The highest BCUT2D eigenvalue weighted by Gasteiger charge is 2.42. The lowest BCUT2D eigenvalue weighted by molar-refractivity contribution is -0.0906. The van der Waals surface area contributed by atoms with E-state index in [1.165, 1.54) is 10.4 Å². The molecule has 4 rings (SSSR count). The first-order chi connectivity index (χ1) is 12.6. The summed E-state index contributed by atoms with van der Waals surface area (Å²) in [5, 5.41) is 2.63. The number of amides is 1. The van der Waals surface area contributed by atoms with E-state index >= 15 is 0 Å². The van der Waals surface area contributed by atoms with E-state index in [2.05, 4.69) is 11.4 Å². The summed E-state index contributed by atoms with van der Waals surface area (Å²) in [5.41, 5.74) is 1.82. The number of thiophene rings is 1. The fraction of sp³-hybridized carbons (Fsp3) is 0.450. The zero-order chi connectivity index (χ0) is 18.1. The van der Waals surface area contributed by atoms with Gasteiger partial charge in [-0.2, -0.15) is 0 Å². The van der Waals surface area contributed by atoms with Crippen LogP contribution in [0.4, 0.5) is 0 Å². The van der Waals surface area contributed by atoms with Crippen LogP contribution in [0.25, 0.3) is 0 Å². The van der Waals surface area contributed by atoms with Crippen LogP contribution in [0, 0.1) is 0 Å². The number of likely N-dealkylation sites (tertiary alicyclic amines) is 1. The van der Waals surface area contributed by atoms with Crippen LogP contribution < -0.4 is 4.74 Å². The van der Waals surface area contributed by atoms with E-state index in [-0.39, 0.29) is 11.5 Å². The molecule has 1 aromatic carbocycles. The molecule has 2 aliphatic heterocycles. The highest BCUT2D eigenvalue weighted by atomic mass is 35.5. The van der Waals surface area contributed by atoms with Crippen molar-refractivity contribution in [3.05, 3.63) is 50.7 Å². The molecule has 3 heterocycles. The minimum absolute atomic E-state index is 0.0204. The molecule has 2 aromatic rings. The van der Waals surface area contributed by atoms with Gasteiger partial charge in [-0.1, -0.05) is 11.6 Å². The molecule has 26 heavy (non-hydrogen) atoms. The Morgan fingerprint density at radius 1 is 1.35 bits per heavy atom. The second kappa shape index (κ2) is 7.22. The molecule has 1 spiro atoms. The number of hydrogen-bond acceptors (Lipinski definition) is 4. The molecule has 0 bridgehead atoms. The number of halogens is 1. The maximum absolute atomic E-state index is 12.9. The molecule has 4 nitrogen and oxygen atoms in total. The number of carbonyl (C=O) groups is 1. The largest absolute Gasteiger partial charge is 0.492 e. The molecule has 138 valence electrons. The zero-order valence-electron chi connectivity index (χ0n) is 14.8. The number of piperidine rings is 1. The minimum Gasteiger partial charge on any atom is -0.492 e. The number of nitrogens with zero attached hydrogens (tertiary/aromatic N) is 1. The number of rotatable bonds is 3. The lowest BCUT2D eigenvalue weighted by Gasteiger charge is -2.43. The monoisotopic (exact) mass is 391 g/mol. The summed E-state index contributed by atoms with van der Waals surface area (Å²) in [6.07, 6.45) is 2.68. The fourth-order valence-electron chi connectivity index (χ4n) is 3.89. The van der Waals surface area contributed by atoms with Gasteiger partial charge in [0, 0.05) is 23.5 Å². The Labute approximate surface area is 162 Å². The number of ether oxygens (including phenoxy) is 2. The average Bonchev–Trinajstić information content (AvgIpc) is 3.14. The predicted molar refractivity (Wildman–Crippen MR) is 103 cm³/mol. The smallest absolute Gasteiger partial charge is 0.253 e. The summed E-state index contributed by atoms with van der Waals surface area (Å²) in [6.45, 7) is 4.62. The molecule has 2 aliphatic rings. The number of carbonyl (C=O) groups excluding carboxylic acids is 1. The molecule has 0 aliphatic carbocycles. The van der Waals surface area contributed by atoms with Crippen molar-refractivity contribution in [3.63, 3.8) is 0 Å². The minimum atomic E-state index is -0.199. The van der Waals surface area contributed by atoms with E-state index in [0.717, 1.165) is 25.9 Å². The highest BCUT2D eigenvalue weighted by Crippen LogP contribution is 2.44. The van der Waals surface area contributed by atoms with Gasteiger partial charge in [0.25, 0.3) is 5.91 Å². The van der Waals surface area contributed by atoms with E-state index in [0.29, 0.717) is 36.0 Å². The van der Waals surface area contributed by atoms with E-state index in [1.54, 1.807) is 29.5 Å². The van der Waals surface area contributed by atoms with E-state index in [4.69, 9.17) is 21.1 Å². The molecule has 0 radical (unpaired) electrons. The first-order valence-corrected chi connectivity index (χ1v) is 10.3. The Balaban J connectivity index is 1.47. The predicted octanol–water partition coefficient (Wildman–Crippen LogP) is 4.50.